The molecule has 0 radical (unpaired) electrons. The van der Waals surface area contributed by atoms with E-state index in [1.165, 1.54) is 11.1 Å². The van der Waals surface area contributed by atoms with E-state index in [4.69, 9.17) is 0 Å². The SMILES string of the molecule is Cc1ccc(NC(=O)CN2CCC(C(C)O)C2)cc1C. The molecule has 2 rings (SSSR count). The summed E-state index contributed by atoms with van der Waals surface area (Å²) in [6.45, 7) is 8.01. The fraction of sp³-hybridized carbons (Fsp3) is 0.562. The average molecular weight is 276 g/mol. The summed E-state index contributed by atoms with van der Waals surface area (Å²) in [5, 5.41) is 12.5. The number of likely N-dealkylation sites (tertiary alicyclic amines) is 1. The molecular weight excluding hydrogens is 252 g/mol. The van der Waals surface area contributed by atoms with Crippen LogP contribution in [0.3, 0.4) is 0 Å². The second-order valence-electron chi connectivity index (χ2n) is 5.87. The fourth-order valence-corrected chi connectivity index (χ4v) is 2.62. The summed E-state index contributed by atoms with van der Waals surface area (Å²) in [4.78, 5) is 14.1. The van der Waals surface area contributed by atoms with Gasteiger partial charge < -0.3 is 10.4 Å². The van der Waals surface area contributed by atoms with E-state index < -0.39 is 0 Å². The average Bonchev–Trinajstić information content (AvgIpc) is 2.82. The molecule has 1 amide bonds. The molecule has 4 nitrogen and oxygen atoms in total. The highest BCUT2D eigenvalue weighted by atomic mass is 16.3. The predicted octanol–water partition coefficient (Wildman–Crippen LogP) is 1.94. The van der Waals surface area contributed by atoms with Gasteiger partial charge in [-0.1, -0.05) is 6.07 Å². The highest BCUT2D eigenvalue weighted by molar-refractivity contribution is 5.92. The molecule has 2 unspecified atom stereocenters. The Hall–Kier alpha value is -1.39. The zero-order valence-corrected chi connectivity index (χ0v) is 12.5. The van der Waals surface area contributed by atoms with Gasteiger partial charge in [-0.15, -0.1) is 0 Å². The maximum absolute atomic E-state index is 12.0. The van der Waals surface area contributed by atoms with Crippen LogP contribution in [-0.2, 0) is 4.79 Å². The minimum absolute atomic E-state index is 0.0134. The van der Waals surface area contributed by atoms with Crippen LogP contribution in [0, 0.1) is 19.8 Å². The molecule has 110 valence electrons. The molecule has 0 aromatic heterocycles. The Morgan fingerprint density at radius 2 is 2.20 bits per heavy atom. The van der Waals surface area contributed by atoms with Crippen molar-refractivity contribution in [3.8, 4) is 0 Å². The Morgan fingerprint density at radius 1 is 1.45 bits per heavy atom. The minimum atomic E-state index is -0.289. The van der Waals surface area contributed by atoms with Crippen molar-refractivity contribution in [1.82, 2.24) is 4.90 Å². The van der Waals surface area contributed by atoms with E-state index in [1.807, 2.05) is 32.0 Å². The number of carbonyl (C=O) groups excluding carboxylic acids is 1. The van der Waals surface area contributed by atoms with Crippen molar-refractivity contribution >= 4 is 11.6 Å². The van der Waals surface area contributed by atoms with Crippen LogP contribution in [0.1, 0.15) is 24.5 Å². The summed E-state index contributed by atoms with van der Waals surface area (Å²) in [7, 11) is 0. The van der Waals surface area contributed by atoms with Crippen molar-refractivity contribution in [3.63, 3.8) is 0 Å². The summed E-state index contributed by atoms with van der Waals surface area (Å²) in [6, 6.07) is 5.95. The Bertz CT molecular complexity index is 485. The molecule has 0 aliphatic carbocycles. The lowest BCUT2D eigenvalue weighted by Gasteiger charge is -2.17. The van der Waals surface area contributed by atoms with Gasteiger partial charge in [-0.05, 0) is 62.9 Å². The number of hydrogen-bond donors (Lipinski definition) is 2. The molecule has 2 N–H and O–H groups in total. The molecule has 1 aromatic rings. The third-order valence-electron chi connectivity index (χ3n) is 4.15. The summed E-state index contributed by atoms with van der Waals surface area (Å²) < 4.78 is 0. The summed E-state index contributed by atoms with van der Waals surface area (Å²) >= 11 is 0. The fourth-order valence-electron chi connectivity index (χ4n) is 2.62. The number of hydrogen-bond acceptors (Lipinski definition) is 3. The number of aliphatic hydroxyl groups is 1. The van der Waals surface area contributed by atoms with Gasteiger partial charge in [-0.25, -0.2) is 0 Å². The van der Waals surface area contributed by atoms with E-state index in [9.17, 15) is 9.90 Å². The molecule has 1 aliphatic rings. The van der Waals surface area contributed by atoms with Crippen LogP contribution in [0.5, 0.6) is 0 Å². The van der Waals surface area contributed by atoms with Crippen LogP contribution in [-0.4, -0.2) is 41.7 Å². The lowest BCUT2D eigenvalue weighted by Crippen LogP contribution is -2.32. The standard InChI is InChI=1S/C16H24N2O2/c1-11-4-5-15(8-12(11)2)17-16(20)10-18-7-6-14(9-18)13(3)19/h4-5,8,13-14,19H,6-7,9-10H2,1-3H3,(H,17,20). The molecule has 1 aliphatic heterocycles. The molecule has 0 bridgehead atoms. The molecule has 1 fully saturated rings. The number of amides is 1. The highest BCUT2D eigenvalue weighted by Gasteiger charge is 2.26. The number of anilines is 1. The Morgan fingerprint density at radius 3 is 2.80 bits per heavy atom. The number of benzene rings is 1. The Balaban J connectivity index is 1.85. The molecule has 0 saturated carbocycles. The van der Waals surface area contributed by atoms with Crippen molar-refractivity contribution < 1.29 is 9.90 Å². The Kier molecular flexibility index (Phi) is 4.78. The van der Waals surface area contributed by atoms with E-state index >= 15 is 0 Å². The van der Waals surface area contributed by atoms with Gasteiger partial charge in [0, 0.05) is 12.2 Å². The molecule has 1 aromatic carbocycles. The second kappa shape index (κ2) is 6.37. The van der Waals surface area contributed by atoms with Crippen molar-refractivity contribution in [3.05, 3.63) is 29.3 Å². The van der Waals surface area contributed by atoms with Crippen LogP contribution in [0.4, 0.5) is 5.69 Å². The largest absolute Gasteiger partial charge is 0.393 e. The molecule has 0 spiro atoms. The van der Waals surface area contributed by atoms with Crippen LogP contribution in [0.15, 0.2) is 18.2 Å². The van der Waals surface area contributed by atoms with Gasteiger partial charge in [0.2, 0.25) is 5.91 Å². The number of nitrogens with zero attached hydrogens (tertiary/aromatic N) is 1. The van der Waals surface area contributed by atoms with E-state index in [1.54, 1.807) is 0 Å². The number of aliphatic hydroxyl groups excluding tert-OH is 1. The molecular formula is C16H24N2O2. The van der Waals surface area contributed by atoms with Crippen LogP contribution in [0.2, 0.25) is 0 Å². The van der Waals surface area contributed by atoms with E-state index in [0.29, 0.717) is 12.5 Å². The van der Waals surface area contributed by atoms with Gasteiger partial charge in [-0.2, -0.15) is 0 Å². The number of rotatable bonds is 4. The van der Waals surface area contributed by atoms with Gasteiger partial charge in [0.25, 0.3) is 0 Å². The van der Waals surface area contributed by atoms with Gasteiger partial charge in [0.05, 0.1) is 12.6 Å². The van der Waals surface area contributed by atoms with Gasteiger partial charge >= 0.3 is 0 Å². The third kappa shape index (κ3) is 3.81. The van der Waals surface area contributed by atoms with Gasteiger partial charge in [0.1, 0.15) is 0 Å². The van der Waals surface area contributed by atoms with E-state index in [-0.39, 0.29) is 12.0 Å². The maximum atomic E-state index is 12.0. The smallest absolute Gasteiger partial charge is 0.238 e. The van der Waals surface area contributed by atoms with Crippen LogP contribution in [0.25, 0.3) is 0 Å². The van der Waals surface area contributed by atoms with Crippen LogP contribution < -0.4 is 5.32 Å². The first kappa shape index (κ1) is 15.0. The third-order valence-corrected chi connectivity index (χ3v) is 4.15. The quantitative estimate of drug-likeness (QED) is 0.883. The molecule has 20 heavy (non-hydrogen) atoms. The molecule has 1 saturated heterocycles. The first-order valence-electron chi connectivity index (χ1n) is 7.23. The zero-order valence-electron chi connectivity index (χ0n) is 12.5. The highest BCUT2D eigenvalue weighted by Crippen LogP contribution is 2.19. The van der Waals surface area contributed by atoms with Gasteiger partial charge in [0.15, 0.2) is 0 Å². The summed E-state index contributed by atoms with van der Waals surface area (Å²) in [5.74, 6) is 0.309. The predicted molar refractivity (Wildman–Crippen MR) is 80.8 cm³/mol. The van der Waals surface area contributed by atoms with E-state index in [2.05, 4.69) is 17.1 Å². The summed E-state index contributed by atoms with van der Waals surface area (Å²) in [5.41, 5.74) is 3.25. The van der Waals surface area contributed by atoms with Crippen molar-refractivity contribution in [2.45, 2.75) is 33.3 Å². The number of aryl methyl sites for hydroxylation is 2. The maximum Gasteiger partial charge on any atom is 0.238 e. The summed E-state index contributed by atoms with van der Waals surface area (Å²) in [6.07, 6.45) is 0.678. The normalized spacial score (nSPS) is 20.9. The first-order chi connectivity index (χ1) is 9.45. The molecule has 2 atom stereocenters. The van der Waals surface area contributed by atoms with Crippen molar-refractivity contribution in [2.75, 3.05) is 25.0 Å². The second-order valence-corrected chi connectivity index (χ2v) is 5.87. The number of carbonyl (C=O) groups is 1. The molecule has 4 heteroatoms. The first-order valence-corrected chi connectivity index (χ1v) is 7.23. The topological polar surface area (TPSA) is 52.6 Å². The van der Waals surface area contributed by atoms with Gasteiger partial charge in [-0.3, -0.25) is 9.69 Å². The van der Waals surface area contributed by atoms with Crippen molar-refractivity contribution in [1.29, 1.82) is 0 Å². The molecule has 1 heterocycles. The number of nitrogens with one attached hydrogen (secondary N) is 1. The van der Waals surface area contributed by atoms with Crippen LogP contribution >= 0.6 is 0 Å². The van der Waals surface area contributed by atoms with Crippen molar-refractivity contribution in [2.24, 2.45) is 5.92 Å². The zero-order chi connectivity index (χ0) is 14.7. The lowest BCUT2D eigenvalue weighted by molar-refractivity contribution is -0.117. The monoisotopic (exact) mass is 276 g/mol. The van der Waals surface area contributed by atoms with E-state index in [0.717, 1.165) is 25.2 Å². The lowest BCUT2D eigenvalue weighted by atomic mass is 10.0. The Labute approximate surface area is 120 Å². The minimum Gasteiger partial charge on any atom is -0.393 e.